The molecule has 1 aliphatic heterocycles. The molecule has 2 saturated carbocycles. The number of fused-ring (bicyclic) bond motifs is 3. The van der Waals surface area contributed by atoms with E-state index in [1.54, 1.807) is 10.6 Å². The SMILES string of the molecule is O=C(NCC12CC=CC(CCC1)C2)c1cccc2nc(C(=O)N3CCCN(C4CCC4)CC3)cn12. The molecule has 1 saturated heterocycles. The molecule has 0 spiro atoms. The molecular formula is C28H37N5O2. The van der Waals surface area contributed by atoms with Gasteiger partial charge in [0.05, 0.1) is 0 Å². The predicted octanol–water partition coefficient (Wildman–Crippen LogP) is 3.90. The van der Waals surface area contributed by atoms with Crippen LogP contribution in [0.3, 0.4) is 0 Å². The van der Waals surface area contributed by atoms with E-state index in [4.69, 9.17) is 0 Å². The van der Waals surface area contributed by atoms with Crippen molar-refractivity contribution in [1.29, 1.82) is 0 Å². The van der Waals surface area contributed by atoms with Crippen molar-refractivity contribution in [2.45, 2.75) is 63.8 Å². The van der Waals surface area contributed by atoms with Gasteiger partial charge in [-0.3, -0.25) is 18.9 Å². The van der Waals surface area contributed by atoms with Gasteiger partial charge in [0.2, 0.25) is 0 Å². The van der Waals surface area contributed by atoms with Crippen LogP contribution < -0.4 is 5.32 Å². The molecule has 186 valence electrons. The summed E-state index contributed by atoms with van der Waals surface area (Å²) in [7, 11) is 0. The normalized spacial score (nSPS) is 27.4. The number of nitrogens with one attached hydrogen (secondary N) is 1. The fourth-order valence-electron chi connectivity index (χ4n) is 6.67. The van der Waals surface area contributed by atoms with Crippen molar-refractivity contribution in [3.63, 3.8) is 0 Å². The van der Waals surface area contributed by atoms with Crippen molar-refractivity contribution in [2.24, 2.45) is 11.3 Å². The Balaban J connectivity index is 1.15. The van der Waals surface area contributed by atoms with Gasteiger partial charge in [0.1, 0.15) is 17.0 Å². The van der Waals surface area contributed by atoms with E-state index < -0.39 is 0 Å². The average molecular weight is 476 g/mol. The summed E-state index contributed by atoms with van der Waals surface area (Å²) in [6.45, 7) is 4.22. The van der Waals surface area contributed by atoms with E-state index >= 15 is 0 Å². The fourth-order valence-corrected chi connectivity index (χ4v) is 6.67. The molecule has 4 aliphatic rings. The fraction of sp³-hybridized carbons (Fsp3) is 0.607. The van der Waals surface area contributed by atoms with E-state index in [-0.39, 0.29) is 17.2 Å². The minimum atomic E-state index is -0.0936. The zero-order valence-electron chi connectivity index (χ0n) is 20.6. The first-order valence-corrected chi connectivity index (χ1v) is 13.6. The third kappa shape index (κ3) is 4.51. The Morgan fingerprint density at radius 2 is 1.97 bits per heavy atom. The van der Waals surface area contributed by atoms with E-state index in [2.05, 4.69) is 27.4 Å². The number of imidazole rings is 1. The van der Waals surface area contributed by atoms with Crippen LogP contribution in [0.5, 0.6) is 0 Å². The molecule has 2 atom stereocenters. The standard InChI is InChI=1S/C28H37N5O2/c34-26(29-20-28-12-3-6-21(18-28)7-4-13-28)24-10-2-11-25-30-23(19-33(24)25)27(35)32-15-5-14-31(16-17-32)22-8-1-9-22/h2-3,6,10-11,19,21-22H,1,4-5,7-9,12-18,20H2,(H,29,34). The van der Waals surface area contributed by atoms with Crippen LogP contribution in [0, 0.1) is 11.3 Å². The van der Waals surface area contributed by atoms with Crippen LogP contribution in [0.2, 0.25) is 0 Å². The van der Waals surface area contributed by atoms with Gasteiger partial charge in [-0.25, -0.2) is 4.98 Å². The molecule has 2 unspecified atom stereocenters. The van der Waals surface area contributed by atoms with Crippen LogP contribution in [0.25, 0.3) is 5.65 Å². The largest absolute Gasteiger partial charge is 0.350 e. The lowest BCUT2D eigenvalue weighted by molar-refractivity contribution is 0.0744. The minimum absolute atomic E-state index is 0.0309. The van der Waals surface area contributed by atoms with Crippen LogP contribution in [0.4, 0.5) is 0 Å². The molecule has 6 rings (SSSR count). The number of nitrogens with zero attached hydrogens (tertiary/aromatic N) is 4. The summed E-state index contributed by atoms with van der Waals surface area (Å²) < 4.78 is 1.78. The average Bonchev–Trinajstić information content (AvgIpc) is 3.14. The van der Waals surface area contributed by atoms with Gasteiger partial charge in [0, 0.05) is 45.0 Å². The Morgan fingerprint density at radius 1 is 1.06 bits per heavy atom. The molecular weight excluding hydrogens is 438 g/mol. The molecule has 3 aliphatic carbocycles. The second kappa shape index (κ2) is 9.41. The maximum atomic E-state index is 13.3. The van der Waals surface area contributed by atoms with Gasteiger partial charge >= 0.3 is 0 Å². The van der Waals surface area contributed by atoms with Crippen molar-refractivity contribution in [3.05, 3.63) is 47.9 Å². The number of rotatable bonds is 5. The third-order valence-corrected chi connectivity index (χ3v) is 8.91. The van der Waals surface area contributed by atoms with Crippen LogP contribution in [0.1, 0.15) is 78.8 Å². The minimum Gasteiger partial charge on any atom is -0.350 e. The first kappa shape index (κ1) is 22.8. The van der Waals surface area contributed by atoms with Crippen LogP contribution >= 0.6 is 0 Å². The predicted molar refractivity (Wildman–Crippen MR) is 135 cm³/mol. The molecule has 3 fully saturated rings. The zero-order chi connectivity index (χ0) is 23.8. The molecule has 7 nitrogen and oxygen atoms in total. The Labute approximate surface area is 207 Å². The number of carbonyl (C=O) groups is 2. The number of hydrogen-bond donors (Lipinski definition) is 1. The molecule has 2 bridgehead atoms. The van der Waals surface area contributed by atoms with Crippen LogP contribution in [-0.2, 0) is 0 Å². The third-order valence-electron chi connectivity index (χ3n) is 8.91. The summed E-state index contributed by atoms with van der Waals surface area (Å²) in [5, 5.41) is 3.22. The summed E-state index contributed by atoms with van der Waals surface area (Å²) in [5.41, 5.74) is 1.80. The lowest BCUT2D eigenvalue weighted by Crippen LogP contribution is -2.42. The Kier molecular flexibility index (Phi) is 6.13. The van der Waals surface area contributed by atoms with Crippen LogP contribution in [0.15, 0.2) is 36.5 Å². The van der Waals surface area contributed by atoms with Gasteiger partial charge in [-0.2, -0.15) is 0 Å². The molecule has 2 aromatic rings. The summed E-state index contributed by atoms with van der Waals surface area (Å²) in [6.07, 6.45) is 17.2. The maximum absolute atomic E-state index is 13.3. The Bertz CT molecular complexity index is 1140. The highest BCUT2D eigenvalue weighted by molar-refractivity contribution is 5.95. The molecule has 7 heteroatoms. The highest BCUT2D eigenvalue weighted by atomic mass is 16.2. The number of aromatic nitrogens is 2. The number of allylic oxidation sites excluding steroid dienone is 2. The van der Waals surface area contributed by atoms with Crippen molar-refractivity contribution in [1.82, 2.24) is 24.5 Å². The number of pyridine rings is 1. The first-order chi connectivity index (χ1) is 17.1. The van der Waals surface area contributed by atoms with Crippen molar-refractivity contribution >= 4 is 17.5 Å². The smallest absolute Gasteiger partial charge is 0.274 e. The number of hydrogen-bond acceptors (Lipinski definition) is 4. The zero-order valence-corrected chi connectivity index (χ0v) is 20.6. The van der Waals surface area contributed by atoms with Crippen molar-refractivity contribution < 1.29 is 9.59 Å². The second-order valence-electron chi connectivity index (χ2n) is 11.2. The second-order valence-corrected chi connectivity index (χ2v) is 11.2. The van der Waals surface area contributed by atoms with Gasteiger partial charge in [-0.15, -0.1) is 0 Å². The summed E-state index contributed by atoms with van der Waals surface area (Å²) in [5.74, 6) is 0.542. The lowest BCUT2D eigenvalue weighted by atomic mass is 9.65. The molecule has 1 N–H and O–H groups in total. The Hall–Kier alpha value is -2.67. The Morgan fingerprint density at radius 3 is 2.83 bits per heavy atom. The maximum Gasteiger partial charge on any atom is 0.274 e. The molecule has 2 amide bonds. The molecule has 0 radical (unpaired) electrons. The van der Waals surface area contributed by atoms with Gasteiger partial charge in [0.25, 0.3) is 11.8 Å². The molecule has 0 aromatic carbocycles. The highest BCUT2D eigenvalue weighted by Crippen LogP contribution is 2.45. The summed E-state index contributed by atoms with van der Waals surface area (Å²) in [4.78, 5) is 35.7. The van der Waals surface area contributed by atoms with E-state index in [0.29, 0.717) is 35.5 Å². The topological polar surface area (TPSA) is 70.0 Å². The molecule has 2 aromatic heterocycles. The van der Waals surface area contributed by atoms with Gasteiger partial charge in [-0.1, -0.05) is 31.1 Å². The summed E-state index contributed by atoms with van der Waals surface area (Å²) >= 11 is 0. The van der Waals surface area contributed by atoms with E-state index in [1.807, 2.05) is 23.1 Å². The first-order valence-electron chi connectivity index (χ1n) is 13.6. The molecule has 3 heterocycles. The van der Waals surface area contributed by atoms with Gasteiger partial charge < -0.3 is 10.2 Å². The molecule has 35 heavy (non-hydrogen) atoms. The number of carbonyl (C=O) groups excluding carboxylic acids is 2. The quantitative estimate of drug-likeness (QED) is 0.666. The number of amides is 2. The monoisotopic (exact) mass is 475 g/mol. The van der Waals surface area contributed by atoms with Gasteiger partial charge in [-0.05, 0) is 68.4 Å². The van der Waals surface area contributed by atoms with Crippen LogP contribution in [-0.4, -0.2) is 69.8 Å². The van der Waals surface area contributed by atoms with Crippen molar-refractivity contribution in [2.75, 3.05) is 32.7 Å². The van der Waals surface area contributed by atoms with Crippen molar-refractivity contribution in [3.8, 4) is 0 Å². The lowest BCUT2D eigenvalue weighted by Gasteiger charge is -2.42. The highest BCUT2D eigenvalue weighted by Gasteiger charge is 2.37. The van der Waals surface area contributed by atoms with E-state index in [9.17, 15) is 9.59 Å². The summed E-state index contributed by atoms with van der Waals surface area (Å²) in [6, 6.07) is 6.25. The van der Waals surface area contributed by atoms with E-state index in [1.165, 1.54) is 44.9 Å². The van der Waals surface area contributed by atoms with Gasteiger partial charge in [0.15, 0.2) is 0 Å². The van der Waals surface area contributed by atoms with E-state index in [0.717, 1.165) is 39.0 Å².